The molecule has 0 unspecified atom stereocenters. The maximum atomic E-state index is 10.6. The normalized spacial score (nSPS) is 15.4. The summed E-state index contributed by atoms with van der Waals surface area (Å²) in [7, 11) is 2.12. The summed E-state index contributed by atoms with van der Waals surface area (Å²) in [5.41, 5.74) is 8.22. The van der Waals surface area contributed by atoms with Gasteiger partial charge in [0.1, 0.15) is 11.1 Å². The Labute approximate surface area is 171 Å². The van der Waals surface area contributed by atoms with Crippen molar-refractivity contribution in [3.8, 4) is 0 Å². The molecule has 3 aromatic rings. The molecule has 0 amide bonds. The molecule has 0 saturated carbocycles. The first-order valence-corrected chi connectivity index (χ1v) is 9.24. The number of hydrogen-bond donors (Lipinski definition) is 2. The van der Waals surface area contributed by atoms with E-state index >= 15 is 0 Å². The van der Waals surface area contributed by atoms with Gasteiger partial charge in [0.15, 0.2) is 11.4 Å². The van der Waals surface area contributed by atoms with Crippen LogP contribution in [0.25, 0.3) is 22.1 Å². The van der Waals surface area contributed by atoms with Crippen molar-refractivity contribution in [1.82, 2.24) is 14.9 Å². The van der Waals surface area contributed by atoms with Gasteiger partial charge in [-0.3, -0.25) is 0 Å². The third-order valence-electron chi connectivity index (χ3n) is 4.32. The number of alkyl halides is 3. The van der Waals surface area contributed by atoms with Crippen molar-refractivity contribution in [2.75, 3.05) is 43.9 Å². The number of aliphatic carboxylic acids is 1. The largest absolute Gasteiger partial charge is 0.490 e. The molecule has 0 radical (unpaired) electrons. The van der Waals surface area contributed by atoms with E-state index in [1.807, 2.05) is 18.2 Å². The van der Waals surface area contributed by atoms with E-state index in [0.717, 1.165) is 53.0 Å². The van der Waals surface area contributed by atoms with E-state index in [-0.39, 0.29) is 5.95 Å². The van der Waals surface area contributed by atoms with E-state index in [0.29, 0.717) is 5.58 Å². The zero-order chi connectivity index (χ0) is 21.3. The number of carbonyl (C=O) groups is 1. The summed E-state index contributed by atoms with van der Waals surface area (Å²) in [6, 6.07) is 5.91. The average Bonchev–Trinajstić information content (AvgIpc) is 2.99. The minimum atomic E-state index is -5.08. The Morgan fingerprint density at radius 3 is 2.45 bits per heavy atom. The van der Waals surface area contributed by atoms with Gasteiger partial charge in [-0.05, 0) is 25.2 Å². The number of nitrogen functional groups attached to an aromatic ring is 1. The van der Waals surface area contributed by atoms with E-state index in [4.69, 9.17) is 20.1 Å². The minimum Gasteiger partial charge on any atom is -0.475 e. The molecule has 1 fully saturated rings. The van der Waals surface area contributed by atoms with Gasteiger partial charge in [-0.2, -0.15) is 18.2 Å². The zero-order valence-electron chi connectivity index (χ0n) is 15.2. The number of fused-ring (bicyclic) bond motifs is 3. The molecule has 1 aliphatic heterocycles. The first-order chi connectivity index (χ1) is 13.6. The number of piperazine rings is 1. The number of anilines is 2. The van der Waals surface area contributed by atoms with E-state index < -0.39 is 12.1 Å². The molecule has 1 aliphatic rings. The average molecular weight is 476 g/mol. The molecule has 1 saturated heterocycles. The molecule has 156 valence electrons. The summed E-state index contributed by atoms with van der Waals surface area (Å²) in [6.45, 7) is 3.81. The Balaban J connectivity index is 0.000000298. The van der Waals surface area contributed by atoms with E-state index in [9.17, 15) is 13.2 Å². The summed E-state index contributed by atoms with van der Waals surface area (Å²) in [6.07, 6.45) is -5.08. The van der Waals surface area contributed by atoms with Crippen LogP contribution in [0.5, 0.6) is 0 Å². The quantitative estimate of drug-likeness (QED) is 0.552. The number of halogens is 4. The molecule has 3 N–H and O–H groups in total. The number of aromatic nitrogens is 2. The van der Waals surface area contributed by atoms with Crippen LogP contribution in [0.15, 0.2) is 27.1 Å². The van der Waals surface area contributed by atoms with Crippen LogP contribution in [0.1, 0.15) is 0 Å². The molecule has 0 bridgehead atoms. The molecule has 29 heavy (non-hydrogen) atoms. The van der Waals surface area contributed by atoms with Crippen molar-refractivity contribution in [3.63, 3.8) is 0 Å². The smallest absolute Gasteiger partial charge is 0.475 e. The highest BCUT2D eigenvalue weighted by Crippen LogP contribution is 2.34. The Morgan fingerprint density at radius 2 is 1.86 bits per heavy atom. The Morgan fingerprint density at radius 1 is 1.24 bits per heavy atom. The summed E-state index contributed by atoms with van der Waals surface area (Å²) in [5.74, 6) is -1.68. The highest BCUT2D eigenvalue weighted by Gasteiger charge is 2.38. The maximum Gasteiger partial charge on any atom is 0.490 e. The minimum absolute atomic E-state index is 0.284. The molecule has 1 aromatic carbocycles. The summed E-state index contributed by atoms with van der Waals surface area (Å²) >= 11 is 3.47. The fraction of sp³-hybridized carbons (Fsp3) is 0.353. The van der Waals surface area contributed by atoms with Gasteiger partial charge in [-0.1, -0.05) is 15.9 Å². The van der Waals surface area contributed by atoms with Crippen LogP contribution in [0.2, 0.25) is 0 Å². The molecule has 0 aliphatic carbocycles. The summed E-state index contributed by atoms with van der Waals surface area (Å²) in [5, 5.41) is 8.09. The standard InChI is InChI=1S/C15H16BrN5O.C2HF3O2/c1-20-4-6-21(7-5-20)14-13-12(18-15(17)19-14)10-3-2-9(16)8-11(10)22-13;3-2(4,5)1(6)7/h2-3,8H,4-7H2,1H3,(H2,17,18,19);(H,6,7). The summed E-state index contributed by atoms with van der Waals surface area (Å²) in [4.78, 5) is 22.2. The fourth-order valence-electron chi connectivity index (χ4n) is 2.85. The number of carboxylic acids is 1. The third-order valence-corrected chi connectivity index (χ3v) is 4.81. The van der Waals surface area contributed by atoms with Gasteiger partial charge < -0.3 is 25.1 Å². The SMILES string of the molecule is CN1CCN(c2nc(N)nc3c2oc2cc(Br)ccc23)CC1.O=C(O)C(F)(F)F. The van der Waals surface area contributed by atoms with Gasteiger partial charge in [0.25, 0.3) is 0 Å². The number of hydrogen-bond acceptors (Lipinski definition) is 7. The molecule has 0 atom stereocenters. The van der Waals surface area contributed by atoms with Crippen molar-refractivity contribution in [2.24, 2.45) is 0 Å². The molecular weight excluding hydrogens is 459 g/mol. The van der Waals surface area contributed by atoms with Crippen LogP contribution in [0, 0.1) is 0 Å². The second-order valence-corrected chi connectivity index (χ2v) is 7.33. The van der Waals surface area contributed by atoms with Crippen molar-refractivity contribution >= 4 is 55.7 Å². The number of nitrogens with zero attached hydrogens (tertiary/aromatic N) is 4. The van der Waals surface area contributed by atoms with Gasteiger partial charge in [0.05, 0.1) is 0 Å². The first kappa shape index (κ1) is 21.1. The molecular formula is C17H17BrF3N5O3. The maximum absolute atomic E-state index is 10.6. The predicted molar refractivity (Wildman–Crippen MR) is 105 cm³/mol. The highest BCUT2D eigenvalue weighted by atomic mass is 79.9. The second kappa shape index (κ2) is 8.03. The van der Waals surface area contributed by atoms with Crippen LogP contribution in [0.4, 0.5) is 24.9 Å². The van der Waals surface area contributed by atoms with Crippen molar-refractivity contribution in [2.45, 2.75) is 6.18 Å². The lowest BCUT2D eigenvalue weighted by atomic mass is 10.2. The molecule has 2 aromatic heterocycles. The second-order valence-electron chi connectivity index (χ2n) is 6.42. The van der Waals surface area contributed by atoms with Crippen LogP contribution in [-0.2, 0) is 4.79 Å². The zero-order valence-corrected chi connectivity index (χ0v) is 16.8. The fourth-order valence-corrected chi connectivity index (χ4v) is 3.19. The topological polar surface area (TPSA) is 109 Å². The van der Waals surface area contributed by atoms with Gasteiger partial charge in [-0.25, -0.2) is 9.78 Å². The molecule has 12 heteroatoms. The first-order valence-electron chi connectivity index (χ1n) is 8.45. The van der Waals surface area contributed by atoms with Gasteiger partial charge in [-0.15, -0.1) is 0 Å². The van der Waals surface area contributed by atoms with Crippen molar-refractivity contribution in [3.05, 3.63) is 22.7 Å². The highest BCUT2D eigenvalue weighted by molar-refractivity contribution is 9.10. The Bertz CT molecular complexity index is 1050. The Kier molecular flexibility index (Phi) is 5.85. The third kappa shape index (κ3) is 4.70. The van der Waals surface area contributed by atoms with Crippen molar-refractivity contribution in [1.29, 1.82) is 0 Å². The Hall–Kier alpha value is -2.60. The van der Waals surface area contributed by atoms with Crippen LogP contribution in [0.3, 0.4) is 0 Å². The van der Waals surface area contributed by atoms with Crippen molar-refractivity contribution < 1.29 is 27.5 Å². The van der Waals surface area contributed by atoms with Gasteiger partial charge in [0, 0.05) is 36.0 Å². The van der Waals surface area contributed by atoms with E-state index in [1.54, 1.807) is 0 Å². The lowest BCUT2D eigenvalue weighted by Gasteiger charge is -2.33. The van der Waals surface area contributed by atoms with Gasteiger partial charge in [0.2, 0.25) is 5.95 Å². The molecule has 4 rings (SSSR count). The lowest BCUT2D eigenvalue weighted by Crippen LogP contribution is -2.44. The summed E-state index contributed by atoms with van der Waals surface area (Å²) < 4.78 is 38.7. The number of nitrogens with two attached hydrogens (primary N) is 1. The number of furan rings is 1. The van der Waals surface area contributed by atoms with Crippen LogP contribution in [-0.4, -0.2) is 65.3 Å². The predicted octanol–water partition coefficient (Wildman–Crippen LogP) is 3.11. The van der Waals surface area contributed by atoms with Gasteiger partial charge >= 0.3 is 12.1 Å². The van der Waals surface area contributed by atoms with E-state index in [2.05, 4.69) is 42.7 Å². The van der Waals surface area contributed by atoms with Crippen LogP contribution < -0.4 is 10.6 Å². The number of benzene rings is 1. The lowest BCUT2D eigenvalue weighted by molar-refractivity contribution is -0.192. The molecule has 8 nitrogen and oxygen atoms in total. The molecule has 3 heterocycles. The number of carboxylic acid groups (broad SMARTS) is 1. The van der Waals surface area contributed by atoms with E-state index in [1.165, 1.54) is 0 Å². The van der Waals surface area contributed by atoms with Crippen LogP contribution >= 0.6 is 15.9 Å². The molecule has 0 spiro atoms. The number of rotatable bonds is 1. The number of likely N-dealkylation sites (N-methyl/N-ethyl adjacent to an activating group) is 1. The monoisotopic (exact) mass is 475 g/mol.